The Hall–Kier alpha value is -2.13. The zero-order chi connectivity index (χ0) is 24.3. The van der Waals surface area contributed by atoms with Gasteiger partial charge >= 0.3 is 5.97 Å². The topological polar surface area (TPSA) is 65.0 Å². The fourth-order valence-electron chi connectivity index (χ4n) is 6.60. The second kappa shape index (κ2) is 10.5. The monoisotopic (exact) mass is 478 g/mol. The molecule has 3 aliphatic carbocycles. The molecule has 0 amide bonds. The third kappa shape index (κ3) is 5.07. The first-order chi connectivity index (χ1) is 17.0. The minimum Gasteiger partial charge on any atom is -0.458 e. The van der Waals surface area contributed by atoms with E-state index in [4.69, 9.17) is 14.2 Å². The number of hydrogen-bond donors (Lipinski definition) is 1. The fraction of sp³-hybridized carbons (Fsp3) is 0.633. The fourth-order valence-corrected chi connectivity index (χ4v) is 6.60. The average Bonchev–Trinajstić information content (AvgIpc) is 3.52. The average molecular weight is 479 g/mol. The lowest BCUT2D eigenvalue weighted by molar-refractivity contribution is -0.157. The molecule has 0 bridgehead atoms. The Morgan fingerprint density at radius 2 is 1.97 bits per heavy atom. The van der Waals surface area contributed by atoms with Crippen molar-refractivity contribution in [2.45, 2.75) is 82.7 Å². The number of carbonyl (C=O) groups excluding carboxylic acids is 1. The van der Waals surface area contributed by atoms with E-state index < -0.39 is 11.9 Å². The standard InChI is InChI=1S/C30H38O5/c1-2-3-4-8-14-29(15-9-16-29)27(31)13-12-24-25-21-30(33-17-18-34-30)20-23(25)19-26(24)35-28(32)22-10-6-5-7-11-22/h5-7,10-13,23-27,31H,2-3,9,14-21H2,1H3/b13-12+/t23-,24-,25+,26-,27-/m1/s1. The lowest BCUT2D eigenvalue weighted by atomic mass is 9.63. The van der Waals surface area contributed by atoms with Gasteiger partial charge in [-0.2, -0.15) is 0 Å². The first-order valence-corrected chi connectivity index (χ1v) is 13.4. The SMILES string of the molecule is CCCC#CCC1([C@H](O)/C=C/[C@@H]2[C@H]3CC4(C[C@H]3C[C@H]2OC(=O)c2ccccc2)OCCO4)CCC1. The number of aliphatic hydroxyl groups excluding tert-OH is 1. The van der Waals surface area contributed by atoms with Gasteiger partial charge in [0.05, 0.1) is 24.9 Å². The molecule has 1 aliphatic heterocycles. The maximum Gasteiger partial charge on any atom is 0.338 e. The lowest BCUT2D eigenvalue weighted by Crippen LogP contribution is -2.40. The number of esters is 1. The summed E-state index contributed by atoms with van der Waals surface area (Å²) in [4.78, 5) is 12.9. The number of rotatable bonds is 7. The predicted molar refractivity (Wildman–Crippen MR) is 133 cm³/mol. The maximum absolute atomic E-state index is 12.9. The molecule has 5 rings (SSSR count). The van der Waals surface area contributed by atoms with E-state index in [0.717, 1.165) is 57.8 Å². The van der Waals surface area contributed by atoms with Gasteiger partial charge in [0.25, 0.3) is 0 Å². The minimum atomic E-state index is -0.536. The summed E-state index contributed by atoms with van der Waals surface area (Å²) in [7, 11) is 0. The van der Waals surface area contributed by atoms with Gasteiger partial charge in [0.2, 0.25) is 0 Å². The molecule has 188 valence electrons. The molecule has 1 aromatic carbocycles. The van der Waals surface area contributed by atoms with E-state index in [1.54, 1.807) is 12.1 Å². The molecule has 0 unspecified atom stereocenters. The van der Waals surface area contributed by atoms with E-state index in [1.807, 2.05) is 24.3 Å². The molecule has 4 fully saturated rings. The van der Waals surface area contributed by atoms with Crippen LogP contribution in [0.15, 0.2) is 42.5 Å². The van der Waals surface area contributed by atoms with Crippen LogP contribution < -0.4 is 0 Å². The van der Waals surface area contributed by atoms with Gasteiger partial charge in [-0.25, -0.2) is 4.79 Å². The molecule has 1 N–H and O–H groups in total. The summed E-state index contributed by atoms with van der Waals surface area (Å²) in [5.41, 5.74) is 0.436. The maximum atomic E-state index is 12.9. The quantitative estimate of drug-likeness (QED) is 0.328. The van der Waals surface area contributed by atoms with Crippen molar-refractivity contribution in [3.8, 4) is 11.8 Å². The molecular weight excluding hydrogens is 440 g/mol. The summed E-state index contributed by atoms with van der Waals surface area (Å²) in [6.45, 7) is 3.43. The predicted octanol–water partition coefficient (Wildman–Crippen LogP) is 5.28. The Balaban J connectivity index is 1.32. The number of hydrogen-bond acceptors (Lipinski definition) is 5. The van der Waals surface area contributed by atoms with E-state index >= 15 is 0 Å². The summed E-state index contributed by atoms with van der Waals surface area (Å²) in [5.74, 6) is 6.54. The van der Waals surface area contributed by atoms with Crippen LogP contribution in [0.4, 0.5) is 0 Å². The number of benzene rings is 1. The zero-order valence-corrected chi connectivity index (χ0v) is 20.8. The normalized spacial score (nSPS) is 31.0. The molecule has 1 aromatic rings. The first kappa shape index (κ1) is 24.6. The van der Waals surface area contributed by atoms with Gasteiger partial charge in [-0.15, -0.1) is 11.8 Å². The third-order valence-electron chi connectivity index (χ3n) is 8.70. The molecule has 1 spiro atoms. The van der Waals surface area contributed by atoms with Crippen LogP contribution in [0, 0.1) is 35.0 Å². The molecule has 0 radical (unpaired) electrons. The van der Waals surface area contributed by atoms with E-state index in [9.17, 15) is 9.90 Å². The Morgan fingerprint density at radius 1 is 1.20 bits per heavy atom. The van der Waals surface area contributed by atoms with Crippen LogP contribution in [0.5, 0.6) is 0 Å². The highest BCUT2D eigenvalue weighted by atomic mass is 16.7. The number of aliphatic hydroxyl groups is 1. The van der Waals surface area contributed by atoms with Crippen LogP contribution in [0.1, 0.15) is 75.1 Å². The van der Waals surface area contributed by atoms with Crippen LogP contribution in [0.2, 0.25) is 0 Å². The second-order valence-electron chi connectivity index (χ2n) is 10.9. The van der Waals surface area contributed by atoms with Crippen molar-refractivity contribution < 1.29 is 24.1 Å². The number of unbranched alkanes of at least 4 members (excludes halogenated alkanes) is 1. The van der Waals surface area contributed by atoms with Gasteiger partial charge in [0, 0.05) is 37.0 Å². The summed E-state index contributed by atoms with van der Waals surface area (Å²) in [6, 6.07) is 9.19. The minimum absolute atomic E-state index is 0.0396. The van der Waals surface area contributed by atoms with Crippen molar-refractivity contribution in [2.24, 2.45) is 23.2 Å². The molecule has 35 heavy (non-hydrogen) atoms. The molecular formula is C30H38O5. The van der Waals surface area contributed by atoms with Gasteiger partial charge in [-0.1, -0.05) is 43.7 Å². The van der Waals surface area contributed by atoms with Gasteiger partial charge in [0.1, 0.15) is 6.10 Å². The second-order valence-corrected chi connectivity index (χ2v) is 10.9. The Morgan fingerprint density at radius 3 is 2.66 bits per heavy atom. The van der Waals surface area contributed by atoms with Gasteiger partial charge in [0.15, 0.2) is 5.79 Å². The largest absolute Gasteiger partial charge is 0.458 e. The van der Waals surface area contributed by atoms with Crippen LogP contribution in [0.25, 0.3) is 0 Å². The summed E-state index contributed by atoms with van der Waals surface area (Å²) in [6.07, 6.45) is 11.7. The molecule has 5 nitrogen and oxygen atoms in total. The van der Waals surface area contributed by atoms with Crippen molar-refractivity contribution in [3.05, 3.63) is 48.0 Å². The first-order valence-electron chi connectivity index (χ1n) is 13.4. The van der Waals surface area contributed by atoms with Crippen molar-refractivity contribution in [1.29, 1.82) is 0 Å². The Kier molecular flexibility index (Phi) is 7.34. The summed E-state index contributed by atoms with van der Waals surface area (Å²) in [5, 5.41) is 11.2. The van der Waals surface area contributed by atoms with Crippen LogP contribution in [0.3, 0.4) is 0 Å². The molecule has 5 atom stereocenters. The molecule has 0 aromatic heterocycles. The number of fused-ring (bicyclic) bond motifs is 1. The van der Waals surface area contributed by atoms with Crippen LogP contribution in [-0.4, -0.2) is 42.3 Å². The molecule has 4 aliphatic rings. The summed E-state index contributed by atoms with van der Waals surface area (Å²) >= 11 is 0. The van der Waals surface area contributed by atoms with E-state index in [2.05, 4.69) is 24.8 Å². The van der Waals surface area contributed by atoms with Crippen LogP contribution >= 0.6 is 0 Å². The van der Waals surface area contributed by atoms with Gasteiger partial charge < -0.3 is 19.3 Å². The molecule has 1 heterocycles. The van der Waals surface area contributed by atoms with Crippen molar-refractivity contribution >= 4 is 5.97 Å². The van der Waals surface area contributed by atoms with Gasteiger partial charge in [-0.3, -0.25) is 0 Å². The highest BCUT2D eigenvalue weighted by Crippen LogP contribution is 2.56. The zero-order valence-electron chi connectivity index (χ0n) is 20.8. The van der Waals surface area contributed by atoms with E-state index in [0.29, 0.717) is 30.6 Å². The van der Waals surface area contributed by atoms with Crippen molar-refractivity contribution in [2.75, 3.05) is 13.2 Å². The smallest absolute Gasteiger partial charge is 0.338 e. The third-order valence-corrected chi connectivity index (χ3v) is 8.70. The highest BCUT2D eigenvalue weighted by molar-refractivity contribution is 5.89. The van der Waals surface area contributed by atoms with Crippen molar-refractivity contribution in [3.63, 3.8) is 0 Å². The molecule has 1 saturated heterocycles. The van der Waals surface area contributed by atoms with Crippen LogP contribution in [-0.2, 0) is 14.2 Å². The highest BCUT2D eigenvalue weighted by Gasteiger charge is 2.57. The van der Waals surface area contributed by atoms with E-state index in [1.165, 1.54) is 0 Å². The number of carbonyl (C=O) groups is 1. The Labute approximate surface area is 209 Å². The lowest BCUT2D eigenvalue weighted by Gasteiger charge is -2.43. The molecule has 3 saturated carbocycles. The van der Waals surface area contributed by atoms with E-state index in [-0.39, 0.29) is 23.4 Å². The Bertz CT molecular complexity index is 963. The van der Waals surface area contributed by atoms with Gasteiger partial charge in [-0.05, 0) is 49.7 Å². The van der Waals surface area contributed by atoms with Crippen molar-refractivity contribution in [1.82, 2.24) is 0 Å². The molecule has 5 heteroatoms. The number of ether oxygens (including phenoxy) is 3. The summed E-state index contributed by atoms with van der Waals surface area (Å²) < 4.78 is 18.1.